The van der Waals surface area contributed by atoms with Crippen LogP contribution in [0.1, 0.15) is 42.4 Å². The van der Waals surface area contributed by atoms with Crippen molar-refractivity contribution in [3.8, 4) is 0 Å². The van der Waals surface area contributed by atoms with Crippen LogP contribution >= 0.6 is 34.5 Å². The standard InChI is InChI=1S/C18H17Cl2N3O3S/c1-18(2,3)14-9-27-17-21-7-12(16(25)23(14)17)15(24)22-26-8-10-4-5-11(19)6-13(10)20/h4-7,9H,8H2,1-3H3,(H,22,24). The predicted octanol–water partition coefficient (Wildman–Crippen LogP) is 4.22. The molecule has 2 aromatic heterocycles. The van der Waals surface area contributed by atoms with Crippen LogP contribution in [0, 0.1) is 0 Å². The van der Waals surface area contributed by atoms with Crippen LogP contribution in [0.3, 0.4) is 0 Å². The second kappa shape index (κ2) is 7.59. The van der Waals surface area contributed by atoms with Gasteiger partial charge in [-0.05, 0) is 17.7 Å². The highest BCUT2D eigenvalue weighted by Gasteiger charge is 2.23. The molecule has 0 bridgehead atoms. The monoisotopic (exact) mass is 425 g/mol. The summed E-state index contributed by atoms with van der Waals surface area (Å²) in [5, 5.41) is 2.81. The minimum atomic E-state index is -0.668. The highest BCUT2D eigenvalue weighted by molar-refractivity contribution is 7.15. The van der Waals surface area contributed by atoms with E-state index in [-0.39, 0.29) is 17.6 Å². The molecule has 0 aliphatic carbocycles. The molecular formula is C18H17Cl2N3O3S. The fourth-order valence-corrected chi connectivity index (χ4v) is 3.98. The van der Waals surface area contributed by atoms with Gasteiger partial charge in [0.25, 0.3) is 11.5 Å². The smallest absolute Gasteiger partial charge is 0.269 e. The van der Waals surface area contributed by atoms with E-state index in [9.17, 15) is 9.59 Å². The first-order valence-electron chi connectivity index (χ1n) is 8.04. The number of carbonyl (C=O) groups is 1. The number of hydrogen-bond donors (Lipinski definition) is 1. The van der Waals surface area contributed by atoms with Crippen LogP contribution < -0.4 is 11.0 Å². The third kappa shape index (κ3) is 4.16. The molecule has 27 heavy (non-hydrogen) atoms. The number of hydrogen-bond acceptors (Lipinski definition) is 5. The maximum absolute atomic E-state index is 12.8. The average molecular weight is 426 g/mol. The number of benzene rings is 1. The van der Waals surface area contributed by atoms with Gasteiger partial charge in [0.15, 0.2) is 4.96 Å². The van der Waals surface area contributed by atoms with Crippen LogP contribution in [0.15, 0.2) is 34.6 Å². The van der Waals surface area contributed by atoms with Gasteiger partial charge in [0.1, 0.15) is 12.2 Å². The number of nitrogens with one attached hydrogen (secondary N) is 1. The zero-order valence-corrected chi connectivity index (χ0v) is 17.2. The summed E-state index contributed by atoms with van der Waals surface area (Å²) in [4.78, 5) is 35.1. The maximum Gasteiger partial charge on any atom is 0.282 e. The van der Waals surface area contributed by atoms with Crippen LogP contribution in [0.25, 0.3) is 4.96 Å². The fraction of sp³-hybridized carbons (Fsp3) is 0.278. The van der Waals surface area contributed by atoms with Gasteiger partial charge in [0.2, 0.25) is 0 Å². The Labute approximate surface area is 169 Å². The fourth-order valence-electron chi connectivity index (χ4n) is 2.44. The number of halogens is 2. The molecule has 142 valence electrons. The number of hydroxylamine groups is 1. The molecule has 9 heteroatoms. The number of rotatable bonds is 4. The summed E-state index contributed by atoms with van der Waals surface area (Å²) in [6.45, 7) is 6.01. The average Bonchev–Trinajstić information content (AvgIpc) is 3.02. The lowest BCUT2D eigenvalue weighted by Crippen LogP contribution is -2.33. The van der Waals surface area contributed by atoms with E-state index in [1.165, 1.54) is 21.9 Å². The Kier molecular flexibility index (Phi) is 5.58. The summed E-state index contributed by atoms with van der Waals surface area (Å²) in [6.07, 6.45) is 1.26. The van der Waals surface area contributed by atoms with Crippen LogP contribution in [-0.2, 0) is 16.9 Å². The van der Waals surface area contributed by atoms with Crippen molar-refractivity contribution in [3.05, 3.63) is 67.0 Å². The largest absolute Gasteiger partial charge is 0.282 e. The van der Waals surface area contributed by atoms with E-state index in [4.69, 9.17) is 28.0 Å². The summed E-state index contributed by atoms with van der Waals surface area (Å²) < 4.78 is 1.47. The van der Waals surface area contributed by atoms with Gasteiger partial charge in [-0.2, -0.15) is 0 Å². The molecule has 3 rings (SSSR count). The summed E-state index contributed by atoms with van der Waals surface area (Å²) in [7, 11) is 0. The Morgan fingerprint density at radius 2 is 2.07 bits per heavy atom. The van der Waals surface area contributed by atoms with Crippen molar-refractivity contribution < 1.29 is 9.63 Å². The normalized spacial score (nSPS) is 11.7. The second-order valence-electron chi connectivity index (χ2n) is 6.92. The first-order chi connectivity index (χ1) is 12.7. The van der Waals surface area contributed by atoms with Crippen LogP contribution in [0.2, 0.25) is 10.0 Å². The topological polar surface area (TPSA) is 72.7 Å². The summed E-state index contributed by atoms with van der Waals surface area (Å²) >= 11 is 13.3. The van der Waals surface area contributed by atoms with E-state index >= 15 is 0 Å². The van der Waals surface area contributed by atoms with E-state index in [1.54, 1.807) is 18.2 Å². The molecule has 0 unspecified atom stereocenters. The quantitative estimate of drug-likeness (QED) is 0.634. The molecular weight excluding hydrogens is 409 g/mol. The zero-order chi connectivity index (χ0) is 19.8. The molecule has 0 atom stereocenters. The number of aromatic nitrogens is 2. The van der Waals surface area contributed by atoms with E-state index < -0.39 is 11.5 Å². The minimum Gasteiger partial charge on any atom is -0.269 e. The van der Waals surface area contributed by atoms with Crippen molar-refractivity contribution in [2.75, 3.05) is 0 Å². The lowest BCUT2D eigenvalue weighted by Gasteiger charge is -2.17. The van der Waals surface area contributed by atoms with Gasteiger partial charge in [0, 0.05) is 32.7 Å². The van der Waals surface area contributed by atoms with Gasteiger partial charge in [-0.1, -0.05) is 50.0 Å². The summed E-state index contributed by atoms with van der Waals surface area (Å²) in [5.41, 5.74) is 2.92. The number of thiazole rings is 1. The van der Waals surface area contributed by atoms with E-state index in [0.29, 0.717) is 20.6 Å². The molecule has 3 aromatic rings. The molecule has 0 saturated heterocycles. The number of nitrogens with zero attached hydrogens (tertiary/aromatic N) is 2. The second-order valence-corrected chi connectivity index (χ2v) is 8.60. The summed E-state index contributed by atoms with van der Waals surface area (Å²) in [6, 6.07) is 4.95. The molecule has 0 fully saturated rings. The highest BCUT2D eigenvalue weighted by Crippen LogP contribution is 2.25. The SMILES string of the molecule is CC(C)(C)c1csc2ncc(C(=O)NOCc3ccc(Cl)cc3Cl)c(=O)n12. The Hall–Kier alpha value is -1.93. The molecule has 0 saturated carbocycles. The van der Waals surface area contributed by atoms with Crippen molar-refractivity contribution in [1.82, 2.24) is 14.9 Å². The van der Waals surface area contributed by atoms with Crippen molar-refractivity contribution in [3.63, 3.8) is 0 Å². The van der Waals surface area contributed by atoms with Gasteiger partial charge >= 0.3 is 0 Å². The van der Waals surface area contributed by atoms with Crippen molar-refractivity contribution in [2.45, 2.75) is 32.8 Å². The Morgan fingerprint density at radius 1 is 1.33 bits per heavy atom. The predicted molar refractivity (Wildman–Crippen MR) is 107 cm³/mol. The molecule has 0 aliphatic rings. The van der Waals surface area contributed by atoms with Gasteiger partial charge in [-0.3, -0.25) is 18.8 Å². The van der Waals surface area contributed by atoms with E-state index in [0.717, 1.165) is 5.69 Å². The maximum atomic E-state index is 12.8. The number of amides is 1. The molecule has 0 aliphatic heterocycles. The van der Waals surface area contributed by atoms with E-state index in [1.807, 2.05) is 26.2 Å². The van der Waals surface area contributed by atoms with Gasteiger partial charge in [-0.15, -0.1) is 11.3 Å². The third-order valence-electron chi connectivity index (χ3n) is 3.87. The van der Waals surface area contributed by atoms with Crippen LogP contribution in [0.5, 0.6) is 0 Å². The van der Waals surface area contributed by atoms with Gasteiger partial charge in [-0.25, -0.2) is 10.5 Å². The minimum absolute atomic E-state index is 0.0322. The number of carbonyl (C=O) groups excluding carboxylic acids is 1. The molecule has 1 N–H and O–H groups in total. The van der Waals surface area contributed by atoms with Crippen LogP contribution in [0.4, 0.5) is 0 Å². The zero-order valence-electron chi connectivity index (χ0n) is 14.9. The Balaban J connectivity index is 1.80. The summed E-state index contributed by atoms with van der Waals surface area (Å²) in [5.74, 6) is -0.668. The third-order valence-corrected chi connectivity index (χ3v) is 5.29. The molecule has 0 radical (unpaired) electrons. The molecule has 6 nitrogen and oxygen atoms in total. The highest BCUT2D eigenvalue weighted by atomic mass is 35.5. The number of fused-ring (bicyclic) bond motifs is 1. The molecule has 1 aromatic carbocycles. The Bertz CT molecular complexity index is 1070. The lowest BCUT2D eigenvalue weighted by molar-refractivity contribution is 0.0232. The molecule has 2 heterocycles. The Morgan fingerprint density at radius 3 is 2.74 bits per heavy atom. The van der Waals surface area contributed by atoms with Crippen molar-refractivity contribution in [2.24, 2.45) is 0 Å². The van der Waals surface area contributed by atoms with E-state index in [2.05, 4.69) is 10.5 Å². The van der Waals surface area contributed by atoms with Crippen LogP contribution in [-0.4, -0.2) is 15.3 Å². The molecule has 1 amide bonds. The van der Waals surface area contributed by atoms with Crippen molar-refractivity contribution in [1.29, 1.82) is 0 Å². The van der Waals surface area contributed by atoms with Gasteiger partial charge in [0.05, 0.1) is 0 Å². The first kappa shape index (κ1) is 19.8. The van der Waals surface area contributed by atoms with Crippen molar-refractivity contribution >= 4 is 45.4 Å². The van der Waals surface area contributed by atoms with Gasteiger partial charge < -0.3 is 0 Å². The lowest BCUT2D eigenvalue weighted by atomic mass is 9.93. The molecule has 0 spiro atoms. The first-order valence-corrected chi connectivity index (χ1v) is 9.68.